The minimum absolute atomic E-state index is 0.249. The van der Waals surface area contributed by atoms with Gasteiger partial charge in [0.25, 0.3) is 0 Å². The molecular formula is C18H18ClN3O2. The van der Waals surface area contributed by atoms with Gasteiger partial charge in [-0.15, -0.1) is 0 Å². The van der Waals surface area contributed by atoms with Crippen LogP contribution >= 0.6 is 11.6 Å². The van der Waals surface area contributed by atoms with Gasteiger partial charge in [0.15, 0.2) is 5.65 Å². The maximum Gasteiger partial charge on any atom is 0.341 e. The highest BCUT2D eigenvalue weighted by Crippen LogP contribution is 2.26. The number of hydrogen-bond acceptors (Lipinski definition) is 4. The number of ether oxygens (including phenoxy) is 1. The van der Waals surface area contributed by atoms with Crippen LogP contribution in [-0.4, -0.2) is 27.1 Å². The molecule has 6 heteroatoms. The second kappa shape index (κ2) is 7.01. The first kappa shape index (κ1) is 16.5. The van der Waals surface area contributed by atoms with E-state index in [-0.39, 0.29) is 12.2 Å². The predicted octanol–water partition coefficient (Wildman–Crippen LogP) is 3.58. The highest BCUT2D eigenvalue weighted by atomic mass is 35.5. The zero-order valence-corrected chi connectivity index (χ0v) is 14.4. The Balaban J connectivity index is 1.92. The van der Waals surface area contributed by atoms with Crippen molar-refractivity contribution < 1.29 is 9.53 Å². The Morgan fingerprint density at radius 1 is 1.25 bits per heavy atom. The van der Waals surface area contributed by atoms with Crippen molar-refractivity contribution in [2.75, 3.05) is 6.61 Å². The van der Waals surface area contributed by atoms with Crippen molar-refractivity contribution in [2.45, 2.75) is 19.8 Å². The first-order chi connectivity index (χ1) is 11.6. The summed E-state index contributed by atoms with van der Waals surface area (Å²) < 4.78 is 6.92. The molecule has 0 N–H and O–H groups in total. The number of benzene rings is 1. The summed E-state index contributed by atoms with van der Waals surface area (Å²) >= 11 is 6.36. The second-order valence-corrected chi connectivity index (χ2v) is 5.83. The highest BCUT2D eigenvalue weighted by molar-refractivity contribution is 6.37. The first-order valence-electron chi connectivity index (χ1n) is 7.82. The topological polar surface area (TPSA) is 57.0 Å². The van der Waals surface area contributed by atoms with Crippen molar-refractivity contribution in [3.8, 4) is 0 Å². The Morgan fingerprint density at radius 3 is 2.71 bits per heavy atom. The lowest BCUT2D eigenvalue weighted by Gasteiger charge is -2.04. The van der Waals surface area contributed by atoms with Crippen LogP contribution in [-0.2, 0) is 24.6 Å². The number of nitrogens with zero attached hydrogens (tertiary/aromatic N) is 3. The van der Waals surface area contributed by atoms with E-state index in [2.05, 4.69) is 22.1 Å². The molecule has 0 radical (unpaired) electrons. The zero-order valence-electron chi connectivity index (χ0n) is 13.6. The van der Waals surface area contributed by atoms with E-state index in [1.54, 1.807) is 6.92 Å². The molecule has 0 unspecified atom stereocenters. The second-order valence-electron chi connectivity index (χ2n) is 5.45. The summed E-state index contributed by atoms with van der Waals surface area (Å²) in [5.41, 5.74) is 2.69. The van der Waals surface area contributed by atoms with E-state index in [0.717, 1.165) is 18.7 Å². The lowest BCUT2D eigenvalue weighted by molar-refractivity contribution is 0.0526. The Hall–Kier alpha value is -2.40. The van der Waals surface area contributed by atoms with E-state index in [9.17, 15) is 4.79 Å². The Labute approximate surface area is 145 Å². The average Bonchev–Trinajstić information content (AvgIpc) is 2.92. The SMILES string of the molecule is CCOC(=O)c1cnc2c(nc(CCc3ccccc3)n2C)c1Cl. The fourth-order valence-corrected chi connectivity index (χ4v) is 2.87. The monoisotopic (exact) mass is 343 g/mol. The Bertz CT molecular complexity index is 875. The molecule has 0 bridgehead atoms. The zero-order chi connectivity index (χ0) is 17.1. The van der Waals surface area contributed by atoms with Gasteiger partial charge in [-0.25, -0.2) is 14.8 Å². The number of halogens is 1. The molecule has 0 aliphatic carbocycles. The van der Waals surface area contributed by atoms with Gasteiger partial charge in [0.2, 0.25) is 0 Å². The number of imidazole rings is 1. The predicted molar refractivity (Wildman–Crippen MR) is 93.3 cm³/mol. The van der Waals surface area contributed by atoms with Crippen molar-refractivity contribution in [2.24, 2.45) is 7.05 Å². The molecule has 124 valence electrons. The molecule has 0 atom stereocenters. The summed E-state index contributed by atoms with van der Waals surface area (Å²) in [4.78, 5) is 20.9. The third-order valence-corrected chi connectivity index (χ3v) is 4.28. The summed E-state index contributed by atoms with van der Waals surface area (Å²) in [5.74, 6) is 0.401. The molecule has 2 aromatic heterocycles. The van der Waals surface area contributed by atoms with Crippen molar-refractivity contribution in [1.29, 1.82) is 0 Å². The number of esters is 1. The maximum atomic E-state index is 11.9. The van der Waals surface area contributed by atoms with E-state index in [1.165, 1.54) is 11.8 Å². The van der Waals surface area contributed by atoms with Gasteiger partial charge in [-0.05, 0) is 18.9 Å². The fraction of sp³-hybridized carbons (Fsp3) is 0.278. The minimum atomic E-state index is -0.478. The fourth-order valence-electron chi connectivity index (χ4n) is 2.62. The number of carbonyl (C=O) groups excluding carboxylic acids is 1. The van der Waals surface area contributed by atoms with Crippen LogP contribution in [0.15, 0.2) is 36.5 Å². The van der Waals surface area contributed by atoms with Gasteiger partial charge in [0, 0.05) is 19.7 Å². The van der Waals surface area contributed by atoms with E-state index in [0.29, 0.717) is 16.2 Å². The standard InChI is InChI=1S/C18H18ClN3O2/c1-3-24-18(23)13-11-20-17-16(15(13)19)21-14(22(17)2)10-9-12-7-5-4-6-8-12/h4-8,11H,3,9-10H2,1-2H3. The molecule has 3 rings (SSSR count). The number of pyridine rings is 1. The summed E-state index contributed by atoms with van der Waals surface area (Å²) in [6.07, 6.45) is 3.09. The van der Waals surface area contributed by atoms with Crippen LogP contribution in [0, 0.1) is 0 Å². The van der Waals surface area contributed by atoms with Crippen LogP contribution in [0.2, 0.25) is 5.02 Å². The van der Waals surface area contributed by atoms with Crippen LogP contribution in [0.3, 0.4) is 0 Å². The van der Waals surface area contributed by atoms with E-state index in [1.807, 2.05) is 29.8 Å². The van der Waals surface area contributed by atoms with Gasteiger partial charge in [-0.2, -0.15) is 0 Å². The van der Waals surface area contributed by atoms with Crippen molar-refractivity contribution in [3.05, 3.63) is 58.5 Å². The number of aryl methyl sites for hydroxylation is 3. The summed E-state index contributed by atoms with van der Waals surface area (Å²) in [5, 5.41) is 0.292. The van der Waals surface area contributed by atoms with Crippen molar-refractivity contribution in [1.82, 2.24) is 14.5 Å². The molecule has 0 saturated carbocycles. The lowest BCUT2D eigenvalue weighted by atomic mass is 10.1. The number of hydrogen-bond donors (Lipinski definition) is 0. The van der Waals surface area contributed by atoms with Crippen LogP contribution in [0.4, 0.5) is 0 Å². The molecule has 0 aliphatic rings. The number of aromatic nitrogens is 3. The summed E-state index contributed by atoms with van der Waals surface area (Å²) in [6, 6.07) is 10.2. The largest absolute Gasteiger partial charge is 0.462 e. The third-order valence-electron chi connectivity index (χ3n) is 3.89. The molecule has 0 saturated heterocycles. The third kappa shape index (κ3) is 3.12. The number of carbonyl (C=O) groups is 1. The lowest BCUT2D eigenvalue weighted by Crippen LogP contribution is -2.06. The Kier molecular flexibility index (Phi) is 4.81. The summed E-state index contributed by atoms with van der Waals surface area (Å²) in [7, 11) is 1.91. The molecule has 0 aliphatic heterocycles. The molecule has 0 amide bonds. The summed E-state index contributed by atoms with van der Waals surface area (Å²) in [6.45, 7) is 2.04. The van der Waals surface area contributed by atoms with E-state index < -0.39 is 5.97 Å². The van der Waals surface area contributed by atoms with Gasteiger partial charge < -0.3 is 9.30 Å². The van der Waals surface area contributed by atoms with Crippen molar-refractivity contribution >= 4 is 28.7 Å². The van der Waals surface area contributed by atoms with Crippen molar-refractivity contribution in [3.63, 3.8) is 0 Å². The van der Waals surface area contributed by atoms with Crippen LogP contribution in [0.5, 0.6) is 0 Å². The molecule has 3 aromatic rings. The van der Waals surface area contributed by atoms with Crippen LogP contribution in [0.1, 0.15) is 28.7 Å². The van der Waals surface area contributed by atoms with Crippen LogP contribution < -0.4 is 0 Å². The molecule has 1 aromatic carbocycles. The van der Waals surface area contributed by atoms with Gasteiger partial charge >= 0.3 is 5.97 Å². The molecule has 0 fully saturated rings. The first-order valence-corrected chi connectivity index (χ1v) is 8.20. The smallest absolute Gasteiger partial charge is 0.341 e. The Morgan fingerprint density at radius 2 is 2.00 bits per heavy atom. The number of rotatable bonds is 5. The molecule has 5 nitrogen and oxygen atoms in total. The van der Waals surface area contributed by atoms with Gasteiger partial charge in [-0.1, -0.05) is 41.9 Å². The van der Waals surface area contributed by atoms with Gasteiger partial charge in [0.05, 0.1) is 17.2 Å². The normalized spacial score (nSPS) is 11.0. The maximum absolute atomic E-state index is 11.9. The van der Waals surface area contributed by atoms with E-state index in [4.69, 9.17) is 16.3 Å². The molecule has 24 heavy (non-hydrogen) atoms. The quantitative estimate of drug-likeness (QED) is 0.664. The molecule has 0 spiro atoms. The molecular weight excluding hydrogens is 326 g/mol. The van der Waals surface area contributed by atoms with Crippen LogP contribution in [0.25, 0.3) is 11.2 Å². The average molecular weight is 344 g/mol. The number of fused-ring (bicyclic) bond motifs is 1. The minimum Gasteiger partial charge on any atom is -0.462 e. The van der Waals surface area contributed by atoms with E-state index >= 15 is 0 Å². The van der Waals surface area contributed by atoms with Gasteiger partial charge in [0.1, 0.15) is 11.3 Å². The highest BCUT2D eigenvalue weighted by Gasteiger charge is 2.19. The molecule has 2 heterocycles. The van der Waals surface area contributed by atoms with Gasteiger partial charge in [-0.3, -0.25) is 0 Å².